The monoisotopic (exact) mass is 386 g/mol. The lowest BCUT2D eigenvalue weighted by Crippen LogP contribution is -2.46. The van der Waals surface area contributed by atoms with Crippen molar-refractivity contribution >= 4 is 5.82 Å². The summed E-state index contributed by atoms with van der Waals surface area (Å²) in [6, 6.07) is 17.9. The first-order chi connectivity index (χ1) is 14.3. The second kappa shape index (κ2) is 7.84. The summed E-state index contributed by atoms with van der Waals surface area (Å²) >= 11 is 0. The standard InChI is InChI=1S/C24H26N4O/c29-22-12-5-4-9-19(22)17-27-13-15-28(16-14-27)24-20-10-6-11-21(20)25-23(26-24)18-7-2-1-3-8-18/h1-5,7-9,12,29H,6,10-11,13-17H2. The third kappa shape index (κ3) is 3.70. The Bertz CT molecular complexity index is 997. The molecule has 0 bridgehead atoms. The van der Waals surface area contributed by atoms with Crippen molar-refractivity contribution < 1.29 is 5.11 Å². The van der Waals surface area contributed by atoms with E-state index in [-0.39, 0.29) is 0 Å². The number of aryl methyl sites for hydroxylation is 1. The second-order valence-electron chi connectivity index (χ2n) is 7.91. The zero-order valence-corrected chi connectivity index (χ0v) is 16.6. The Kier molecular flexibility index (Phi) is 4.90. The van der Waals surface area contributed by atoms with Gasteiger partial charge in [0.15, 0.2) is 5.82 Å². The van der Waals surface area contributed by atoms with Crippen molar-refractivity contribution in [2.75, 3.05) is 31.1 Å². The highest BCUT2D eigenvalue weighted by atomic mass is 16.3. The van der Waals surface area contributed by atoms with Crippen LogP contribution in [0.15, 0.2) is 54.6 Å². The number of rotatable bonds is 4. The van der Waals surface area contributed by atoms with Gasteiger partial charge in [0.25, 0.3) is 0 Å². The molecule has 0 unspecified atom stereocenters. The maximum Gasteiger partial charge on any atom is 0.161 e. The van der Waals surface area contributed by atoms with Crippen LogP contribution in [0.25, 0.3) is 11.4 Å². The van der Waals surface area contributed by atoms with Crippen LogP contribution in [0.2, 0.25) is 0 Å². The summed E-state index contributed by atoms with van der Waals surface area (Å²) in [5.41, 5.74) is 4.65. The summed E-state index contributed by atoms with van der Waals surface area (Å²) < 4.78 is 0. The summed E-state index contributed by atoms with van der Waals surface area (Å²) in [6.45, 7) is 4.62. The van der Waals surface area contributed by atoms with Crippen LogP contribution in [0.4, 0.5) is 5.82 Å². The van der Waals surface area contributed by atoms with E-state index in [0.29, 0.717) is 5.75 Å². The van der Waals surface area contributed by atoms with Gasteiger partial charge in [-0.25, -0.2) is 9.97 Å². The van der Waals surface area contributed by atoms with Gasteiger partial charge in [-0.2, -0.15) is 0 Å². The van der Waals surface area contributed by atoms with Crippen molar-refractivity contribution in [1.82, 2.24) is 14.9 Å². The van der Waals surface area contributed by atoms with Gasteiger partial charge in [0.05, 0.1) is 0 Å². The van der Waals surface area contributed by atoms with Gasteiger partial charge in [0.2, 0.25) is 0 Å². The van der Waals surface area contributed by atoms with Crippen LogP contribution in [0, 0.1) is 0 Å². The quantitative estimate of drug-likeness (QED) is 0.742. The van der Waals surface area contributed by atoms with Crippen molar-refractivity contribution in [2.45, 2.75) is 25.8 Å². The molecule has 1 aliphatic heterocycles. The van der Waals surface area contributed by atoms with Gasteiger partial charge in [-0.15, -0.1) is 0 Å². The molecule has 1 aromatic heterocycles. The number of aromatic hydroxyl groups is 1. The number of nitrogens with zero attached hydrogens (tertiary/aromatic N) is 4. The molecule has 0 saturated carbocycles. The van der Waals surface area contributed by atoms with E-state index in [0.717, 1.165) is 68.3 Å². The minimum Gasteiger partial charge on any atom is -0.508 e. The molecule has 1 fully saturated rings. The molecule has 5 nitrogen and oxygen atoms in total. The third-order valence-corrected chi connectivity index (χ3v) is 6.00. The first kappa shape index (κ1) is 18.1. The van der Waals surface area contributed by atoms with Gasteiger partial charge in [0, 0.05) is 55.1 Å². The largest absolute Gasteiger partial charge is 0.508 e. The van der Waals surface area contributed by atoms with Gasteiger partial charge < -0.3 is 10.0 Å². The molecule has 5 rings (SSSR count). The molecule has 3 aromatic rings. The Balaban J connectivity index is 1.35. The van der Waals surface area contributed by atoms with Crippen LogP contribution in [0.1, 0.15) is 23.2 Å². The normalized spacial score (nSPS) is 16.8. The molecular weight excluding hydrogens is 360 g/mol. The molecule has 0 spiro atoms. The fourth-order valence-corrected chi connectivity index (χ4v) is 4.39. The third-order valence-electron chi connectivity index (χ3n) is 6.00. The van der Waals surface area contributed by atoms with Crippen molar-refractivity contribution in [1.29, 1.82) is 0 Å². The van der Waals surface area contributed by atoms with Gasteiger partial charge in [-0.1, -0.05) is 48.5 Å². The number of para-hydroxylation sites is 1. The Hall–Kier alpha value is -2.92. The average molecular weight is 386 g/mol. The number of anilines is 1. The molecule has 0 amide bonds. The Morgan fingerprint density at radius 1 is 0.828 bits per heavy atom. The average Bonchev–Trinajstić information content (AvgIpc) is 3.25. The molecule has 5 heteroatoms. The van der Waals surface area contributed by atoms with E-state index in [9.17, 15) is 5.11 Å². The highest BCUT2D eigenvalue weighted by molar-refractivity contribution is 5.61. The van der Waals surface area contributed by atoms with Crippen LogP contribution < -0.4 is 4.90 Å². The van der Waals surface area contributed by atoms with Gasteiger partial charge >= 0.3 is 0 Å². The number of benzene rings is 2. The lowest BCUT2D eigenvalue weighted by Gasteiger charge is -2.36. The van der Waals surface area contributed by atoms with E-state index < -0.39 is 0 Å². The van der Waals surface area contributed by atoms with E-state index in [1.54, 1.807) is 6.07 Å². The molecule has 2 aliphatic rings. The SMILES string of the molecule is Oc1ccccc1CN1CCN(c2nc(-c3ccccc3)nc3c2CCC3)CC1. The fraction of sp³-hybridized carbons (Fsp3) is 0.333. The topological polar surface area (TPSA) is 52.5 Å². The number of hydrogen-bond donors (Lipinski definition) is 1. The van der Waals surface area contributed by atoms with E-state index >= 15 is 0 Å². The number of aromatic nitrogens is 2. The molecule has 29 heavy (non-hydrogen) atoms. The zero-order valence-electron chi connectivity index (χ0n) is 16.6. The van der Waals surface area contributed by atoms with Crippen LogP contribution in [-0.2, 0) is 19.4 Å². The molecule has 148 valence electrons. The molecule has 1 saturated heterocycles. The zero-order chi connectivity index (χ0) is 19.6. The maximum absolute atomic E-state index is 10.1. The van der Waals surface area contributed by atoms with E-state index in [1.807, 2.05) is 36.4 Å². The Labute approximate surface area is 171 Å². The fourth-order valence-electron chi connectivity index (χ4n) is 4.39. The number of piperazine rings is 1. The summed E-state index contributed by atoms with van der Waals surface area (Å²) in [4.78, 5) is 14.7. The molecule has 0 atom stereocenters. The van der Waals surface area contributed by atoms with Crippen molar-refractivity contribution in [3.63, 3.8) is 0 Å². The first-order valence-electron chi connectivity index (χ1n) is 10.5. The Morgan fingerprint density at radius 3 is 2.38 bits per heavy atom. The van der Waals surface area contributed by atoms with Gasteiger partial charge in [-0.3, -0.25) is 4.90 Å². The number of fused-ring (bicyclic) bond motifs is 1. The van der Waals surface area contributed by atoms with E-state index in [4.69, 9.17) is 9.97 Å². The predicted molar refractivity (Wildman–Crippen MR) is 115 cm³/mol. The maximum atomic E-state index is 10.1. The van der Waals surface area contributed by atoms with Crippen LogP contribution in [-0.4, -0.2) is 46.2 Å². The van der Waals surface area contributed by atoms with Gasteiger partial charge in [0.1, 0.15) is 11.6 Å². The number of phenols is 1. The lowest BCUT2D eigenvalue weighted by atomic mass is 10.1. The first-order valence-corrected chi connectivity index (χ1v) is 10.5. The summed E-state index contributed by atoms with van der Waals surface area (Å²) in [5.74, 6) is 2.36. The minimum atomic E-state index is 0.385. The predicted octanol–water partition coefficient (Wildman–Crippen LogP) is 3.66. The van der Waals surface area contributed by atoms with Crippen molar-refractivity contribution in [2.24, 2.45) is 0 Å². The molecule has 1 N–H and O–H groups in total. The molecular formula is C24H26N4O. The highest BCUT2D eigenvalue weighted by Gasteiger charge is 2.26. The van der Waals surface area contributed by atoms with Crippen LogP contribution >= 0.6 is 0 Å². The second-order valence-corrected chi connectivity index (χ2v) is 7.91. The van der Waals surface area contributed by atoms with Crippen LogP contribution in [0.5, 0.6) is 5.75 Å². The molecule has 2 aromatic carbocycles. The van der Waals surface area contributed by atoms with Gasteiger partial charge in [-0.05, 0) is 25.3 Å². The minimum absolute atomic E-state index is 0.385. The van der Waals surface area contributed by atoms with Crippen LogP contribution in [0.3, 0.4) is 0 Å². The smallest absolute Gasteiger partial charge is 0.161 e. The molecule has 2 heterocycles. The van der Waals surface area contributed by atoms with E-state index in [2.05, 4.69) is 21.9 Å². The number of hydrogen-bond acceptors (Lipinski definition) is 5. The van der Waals surface area contributed by atoms with E-state index in [1.165, 1.54) is 17.7 Å². The molecule has 1 aliphatic carbocycles. The van der Waals surface area contributed by atoms with Crippen molar-refractivity contribution in [3.05, 3.63) is 71.4 Å². The van der Waals surface area contributed by atoms with Crippen molar-refractivity contribution in [3.8, 4) is 17.1 Å². The molecule has 0 radical (unpaired) electrons. The summed E-state index contributed by atoms with van der Waals surface area (Å²) in [7, 11) is 0. The number of phenolic OH excluding ortho intramolecular Hbond substituents is 1. The summed E-state index contributed by atoms with van der Waals surface area (Å²) in [6.07, 6.45) is 3.30. The highest BCUT2D eigenvalue weighted by Crippen LogP contribution is 2.32. The Morgan fingerprint density at radius 2 is 1.59 bits per heavy atom. The lowest BCUT2D eigenvalue weighted by molar-refractivity contribution is 0.246. The summed E-state index contributed by atoms with van der Waals surface area (Å²) in [5, 5.41) is 10.1.